The first-order valence-corrected chi connectivity index (χ1v) is 8.58. The summed E-state index contributed by atoms with van der Waals surface area (Å²) in [5.41, 5.74) is 0.897. The van der Waals surface area contributed by atoms with Crippen LogP contribution in [0.25, 0.3) is 0 Å². The largest absolute Gasteiger partial charge is 0.246 e. The van der Waals surface area contributed by atoms with Gasteiger partial charge in [0, 0.05) is 28.4 Å². The van der Waals surface area contributed by atoms with Gasteiger partial charge in [0.2, 0.25) is 9.05 Å². The molecule has 3 rings (SSSR count). The number of thiazole rings is 1. The highest BCUT2D eigenvalue weighted by Crippen LogP contribution is 2.49. The molecule has 2 aliphatic rings. The number of rotatable bonds is 4. The highest BCUT2D eigenvalue weighted by atomic mass is 35.7. The van der Waals surface area contributed by atoms with Gasteiger partial charge in [-0.15, -0.1) is 11.3 Å². The molecular formula is C10H12ClNO2S2. The summed E-state index contributed by atoms with van der Waals surface area (Å²) in [6.07, 6.45) is 4.30. The van der Waals surface area contributed by atoms with Gasteiger partial charge in [-0.2, -0.15) is 0 Å². The number of halogens is 1. The van der Waals surface area contributed by atoms with Crippen LogP contribution in [0, 0.1) is 0 Å². The standard InChI is InChI=1S/C10H12ClNO2S2/c11-16(13,14)10(3-4-10)5-8-6-15-9(12-8)7-1-2-7/h6-7H,1-5H2. The van der Waals surface area contributed by atoms with Gasteiger partial charge in [0.1, 0.15) is 0 Å². The van der Waals surface area contributed by atoms with E-state index in [1.54, 1.807) is 11.3 Å². The van der Waals surface area contributed by atoms with Crippen LogP contribution >= 0.6 is 22.0 Å². The summed E-state index contributed by atoms with van der Waals surface area (Å²) in [5.74, 6) is 0.640. The minimum Gasteiger partial charge on any atom is -0.246 e. The van der Waals surface area contributed by atoms with E-state index in [1.807, 2.05) is 5.38 Å². The minimum atomic E-state index is -3.45. The van der Waals surface area contributed by atoms with Crippen molar-refractivity contribution in [1.82, 2.24) is 4.98 Å². The molecule has 3 nitrogen and oxygen atoms in total. The van der Waals surface area contributed by atoms with Gasteiger partial charge >= 0.3 is 0 Å². The molecule has 88 valence electrons. The van der Waals surface area contributed by atoms with Gasteiger partial charge in [-0.3, -0.25) is 0 Å². The lowest BCUT2D eigenvalue weighted by molar-refractivity contribution is 0.589. The van der Waals surface area contributed by atoms with Crippen molar-refractivity contribution in [2.45, 2.75) is 42.8 Å². The van der Waals surface area contributed by atoms with Crippen LogP contribution in [0.5, 0.6) is 0 Å². The summed E-state index contributed by atoms with van der Waals surface area (Å²) in [4.78, 5) is 4.51. The molecule has 0 aromatic carbocycles. The Labute approximate surface area is 103 Å². The molecule has 0 spiro atoms. The number of hydrogen-bond donors (Lipinski definition) is 0. The molecule has 16 heavy (non-hydrogen) atoms. The van der Waals surface area contributed by atoms with Crippen LogP contribution in [0.3, 0.4) is 0 Å². The SMILES string of the molecule is O=S(=O)(Cl)C1(Cc2csc(C3CC3)n2)CC1. The average molecular weight is 278 g/mol. The van der Waals surface area contributed by atoms with Crippen molar-refractivity contribution in [2.24, 2.45) is 0 Å². The molecule has 0 unspecified atom stereocenters. The zero-order valence-electron chi connectivity index (χ0n) is 8.65. The van der Waals surface area contributed by atoms with E-state index in [1.165, 1.54) is 12.8 Å². The molecule has 2 aliphatic carbocycles. The first kappa shape index (κ1) is 11.0. The second kappa shape index (κ2) is 3.43. The summed E-state index contributed by atoms with van der Waals surface area (Å²) in [6, 6.07) is 0. The van der Waals surface area contributed by atoms with Gasteiger partial charge in [0.25, 0.3) is 0 Å². The molecule has 0 amide bonds. The van der Waals surface area contributed by atoms with E-state index >= 15 is 0 Å². The fourth-order valence-corrected chi connectivity index (χ4v) is 4.43. The summed E-state index contributed by atoms with van der Waals surface area (Å²) in [6.45, 7) is 0. The van der Waals surface area contributed by atoms with Gasteiger partial charge in [-0.25, -0.2) is 13.4 Å². The quantitative estimate of drug-likeness (QED) is 0.795. The molecule has 0 atom stereocenters. The maximum Gasteiger partial charge on any atom is 0.238 e. The molecule has 0 radical (unpaired) electrons. The van der Waals surface area contributed by atoms with E-state index in [0.717, 1.165) is 10.7 Å². The Balaban J connectivity index is 1.79. The Morgan fingerprint density at radius 2 is 2.19 bits per heavy atom. The van der Waals surface area contributed by atoms with E-state index in [9.17, 15) is 8.42 Å². The van der Waals surface area contributed by atoms with Crippen LogP contribution < -0.4 is 0 Å². The van der Waals surface area contributed by atoms with Crippen molar-refractivity contribution in [3.63, 3.8) is 0 Å². The van der Waals surface area contributed by atoms with E-state index in [2.05, 4.69) is 4.98 Å². The van der Waals surface area contributed by atoms with E-state index in [4.69, 9.17) is 10.7 Å². The number of nitrogens with zero attached hydrogens (tertiary/aromatic N) is 1. The summed E-state index contributed by atoms with van der Waals surface area (Å²) in [7, 11) is 2.02. The minimum absolute atomic E-state index is 0.488. The predicted octanol–water partition coefficient (Wildman–Crippen LogP) is 2.66. The van der Waals surface area contributed by atoms with Gasteiger partial charge in [-0.1, -0.05) is 0 Å². The average Bonchev–Trinajstić information content (AvgIpc) is 3.05. The Hall–Kier alpha value is -0.130. The zero-order valence-corrected chi connectivity index (χ0v) is 11.0. The van der Waals surface area contributed by atoms with Crippen molar-refractivity contribution >= 4 is 31.1 Å². The fraction of sp³-hybridized carbons (Fsp3) is 0.700. The molecule has 2 fully saturated rings. The zero-order chi connectivity index (χ0) is 11.4. The van der Waals surface area contributed by atoms with Crippen molar-refractivity contribution < 1.29 is 8.42 Å². The predicted molar refractivity (Wildman–Crippen MR) is 64.5 cm³/mol. The normalized spacial score (nSPS) is 23.3. The Morgan fingerprint density at radius 3 is 2.69 bits per heavy atom. The third-order valence-electron chi connectivity index (χ3n) is 3.32. The molecule has 1 heterocycles. The van der Waals surface area contributed by atoms with Gasteiger partial charge in [0.05, 0.1) is 15.4 Å². The van der Waals surface area contributed by atoms with Crippen LogP contribution in [-0.2, 0) is 15.5 Å². The molecule has 6 heteroatoms. The smallest absolute Gasteiger partial charge is 0.238 e. The molecular weight excluding hydrogens is 266 g/mol. The van der Waals surface area contributed by atoms with Crippen LogP contribution in [0.4, 0.5) is 0 Å². The number of hydrogen-bond acceptors (Lipinski definition) is 4. The van der Waals surface area contributed by atoms with Crippen molar-refractivity contribution in [3.05, 3.63) is 16.1 Å². The highest BCUT2D eigenvalue weighted by Gasteiger charge is 2.54. The Kier molecular flexibility index (Phi) is 2.36. The molecule has 1 aromatic rings. The van der Waals surface area contributed by atoms with Crippen molar-refractivity contribution in [1.29, 1.82) is 0 Å². The summed E-state index contributed by atoms with van der Waals surface area (Å²) in [5, 5.41) is 3.15. The first-order chi connectivity index (χ1) is 7.50. The van der Waals surface area contributed by atoms with Gasteiger partial charge in [0.15, 0.2) is 0 Å². The molecule has 2 saturated carbocycles. The van der Waals surface area contributed by atoms with Gasteiger partial charge in [-0.05, 0) is 25.7 Å². The first-order valence-electron chi connectivity index (χ1n) is 5.39. The number of aromatic nitrogens is 1. The second-order valence-corrected chi connectivity index (χ2v) is 8.60. The van der Waals surface area contributed by atoms with Crippen LogP contribution in [-0.4, -0.2) is 18.1 Å². The second-order valence-electron chi connectivity index (χ2n) is 4.75. The maximum absolute atomic E-state index is 11.4. The van der Waals surface area contributed by atoms with Crippen molar-refractivity contribution in [3.8, 4) is 0 Å². The van der Waals surface area contributed by atoms with E-state index < -0.39 is 13.8 Å². The van der Waals surface area contributed by atoms with Crippen molar-refractivity contribution in [2.75, 3.05) is 0 Å². The third kappa shape index (κ3) is 1.89. The van der Waals surface area contributed by atoms with E-state index in [-0.39, 0.29) is 0 Å². The lowest BCUT2D eigenvalue weighted by Gasteiger charge is -2.08. The molecule has 0 aliphatic heterocycles. The van der Waals surface area contributed by atoms with Crippen LogP contribution in [0.1, 0.15) is 42.3 Å². The monoisotopic (exact) mass is 277 g/mol. The van der Waals surface area contributed by atoms with E-state index in [0.29, 0.717) is 25.2 Å². The lowest BCUT2D eigenvalue weighted by Crippen LogP contribution is -2.21. The third-order valence-corrected chi connectivity index (χ3v) is 6.95. The summed E-state index contributed by atoms with van der Waals surface area (Å²) < 4.78 is 22.1. The highest BCUT2D eigenvalue weighted by molar-refractivity contribution is 8.15. The molecule has 0 N–H and O–H groups in total. The topological polar surface area (TPSA) is 47.0 Å². The lowest BCUT2D eigenvalue weighted by atomic mass is 10.2. The Morgan fingerprint density at radius 1 is 1.50 bits per heavy atom. The molecule has 1 aromatic heterocycles. The van der Waals surface area contributed by atoms with Gasteiger partial charge < -0.3 is 0 Å². The molecule has 0 saturated heterocycles. The maximum atomic E-state index is 11.4. The van der Waals surface area contributed by atoms with Crippen LogP contribution in [0.2, 0.25) is 0 Å². The summed E-state index contributed by atoms with van der Waals surface area (Å²) >= 11 is 1.65. The Bertz CT molecular complexity index is 515. The molecule has 0 bridgehead atoms. The fourth-order valence-electron chi connectivity index (χ4n) is 1.90. The van der Waals surface area contributed by atoms with Crippen LogP contribution in [0.15, 0.2) is 5.38 Å².